The van der Waals surface area contributed by atoms with Gasteiger partial charge in [0, 0.05) is 12.5 Å². The Bertz CT molecular complexity index is 453. The van der Waals surface area contributed by atoms with Crippen molar-refractivity contribution in [1.82, 2.24) is 4.72 Å². The molecule has 1 aromatic rings. The first-order valence-electron chi connectivity index (χ1n) is 5.19. The molecule has 96 valence electrons. The van der Waals surface area contributed by atoms with Crippen LogP contribution in [-0.2, 0) is 14.8 Å². The van der Waals surface area contributed by atoms with E-state index < -0.39 is 16.0 Å². The quantitative estimate of drug-likeness (QED) is 0.794. The molecule has 0 spiro atoms. The van der Waals surface area contributed by atoms with Gasteiger partial charge in [-0.2, -0.15) is 0 Å². The minimum absolute atomic E-state index is 0.0606. The molecule has 0 aromatic carbocycles. The molecule has 0 saturated carbocycles. The zero-order valence-electron chi connectivity index (χ0n) is 9.42. The average molecular weight is 277 g/mol. The fourth-order valence-electron chi connectivity index (χ4n) is 1.36. The second-order valence-corrected chi connectivity index (χ2v) is 6.63. The minimum Gasteiger partial charge on any atom is -0.481 e. The van der Waals surface area contributed by atoms with Crippen molar-refractivity contribution in [3.05, 3.63) is 17.5 Å². The Morgan fingerprint density at radius 1 is 1.59 bits per heavy atom. The smallest absolute Gasteiger partial charge is 0.303 e. The molecule has 2 N–H and O–H groups in total. The Labute approximate surface area is 105 Å². The standard InChI is InChI=1S/C10H15NO4S2/c1-8(4-2-5-9(12)13)11-17(14,15)10-6-3-7-16-10/h3,6-8,11H,2,4-5H2,1H3,(H,12,13). The maximum atomic E-state index is 11.8. The van der Waals surface area contributed by atoms with Crippen LogP contribution in [0, 0.1) is 0 Å². The summed E-state index contributed by atoms with van der Waals surface area (Å²) in [5, 5.41) is 10.2. The molecule has 0 fully saturated rings. The molecule has 7 heteroatoms. The molecule has 1 atom stereocenters. The van der Waals surface area contributed by atoms with E-state index in [1.807, 2.05) is 0 Å². The highest BCUT2D eigenvalue weighted by Crippen LogP contribution is 2.16. The summed E-state index contributed by atoms with van der Waals surface area (Å²) in [4.78, 5) is 10.3. The first-order chi connectivity index (χ1) is 7.92. The third-order valence-corrected chi connectivity index (χ3v) is 5.13. The van der Waals surface area contributed by atoms with Crippen LogP contribution in [0.15, 0.2) is 21.7 Å². The molecule has 17 heavy (non-hydrogen) atoms. The monoisotopic (exact) mass is 277 g/mol. The fourth-order valence-corrected chi connectivity index (χ4v) is 3.65. The van der Waals surface area contributed by atoms with Gasteiger partial charge in [-0.15, -0.1) is 11.3 Å². The summed E-state index contributed by atoms with van der Waals surface area (Å²) < 4.78 is 26.4. The third kappa shape index (κ3) is 4.84. The highest BCUT2D eigenvalue weighted by Gasteiger charge is 2.17. The van der Waals surface area contributed by atoms with Crippen molar-refractivity contribution < 1.29 is 18.3 Å². The molecule has 5 nitrogen and oxygen atoms in total. The highest BCUT2D eigenvalue weighted by atomic mass is 32.2. The first kappa shape index (κ1) is 14.1. The molecule has 0 amide bonds. The van der Waals surface area contributed by atoms with Gasteiger partial charge in [-0.25, -0.2) is 13.1 Å². The summed E-state index contributed by atoms with van der Waals surface area (Å²) in [6.45, 7) is 1.73. The number of carbonyl (C=O) groups is 1. The van der Waals surface area contributed by atoms with Crippen LogP contribution in [-0.4, -0.2) is 25.5 Å². The summed E-state index contributed by atoms with van der Waals surface area (Å²) in [7, 11) is -3.45. The molecule has 0 aliphatic heterocycles. The van der Waals surface area contributed by atoms with Crippen LogP contribution < -0.4 is 4.72 Å². The van der Waals surface area contributed by atoms with E-state index in [2.05, 4.69) is 4.72 Å². The summed E-state index contributed by atoms with van der Waals surface area (Å²) in [5.41, 5.74) is 0. The number of nitrogens with one attached hydrogen (secondary N) is 1. The third-order valence-electron chi connectivity index (χ3n) is 2.14. The number of hydrogen-bond acceptors (Lipinski definition) is 4. The molecular weight excluding hydrogens is 262 g/mol. The minimum atomic E-state index is -3.45. The van der Waals surface area contributed by atoms with Crippen molar-refractivity contribution in [3.63, 3.8) is 0 Å². The number of sulfonamides is 1. The molecule has 0 aliphatic carbocycles. The number of carboxylic acids is 1. The Balaban J connectivity index is 2.46. The Morgan fingerprint density at radius 2 is 2.29 bits per heavy atom. The van der Waals surface area contributed by atoms with Crippen LogP contribution in [0.3, 0.4) is 0 Å². The number of hydrogen-bond donors (Lipinski definition) is 2. The Kier molecular flexibility index (Phi) is 5.10. The van der Waals surface area contributed by atoms with Crippen molar-refractivity contribution in [1.29, 1.82) is 0 Å². The van der Waals surface area contributed by atoms with Crippen molar-refractivity contribution in [2.24, 2.45) is 0 Å². The lowest BCUT2D eigenvalue weighted by Gasteiger charge is -2.12. The van der Waals surface area contributed by atoms with E-state index in [9.17, 15) is 13.2 Å². The molecule has 1 rings (SSSR count). The summed E-state index contributed by atoms with van der Waals surface area (Å²) in [6.07, 6.45) is 1.03. The van der Waals surface area contributed by atoms with Crippen LogP contribution in [0.25, 0.3) is 0 Å². The number of carboxylic acid groups (broad SMARTS) is 1. The van der Waals surface area contributed by atoms with Crippen LogP contribution in [0.5, 0.6) is 0 Å². The molecule has 0 bridgehead atoms. The van der Waals surface area contributed by atoms with E-state index in [-0.39, 0.29) is 16.7 Å². The first-order valence-corrected chi connectivity index (χ1v) is 7.56. The van der Waals surface area contributed by atoms with E-state index in [4.69, 9.17) is 5.11 Å². The molecule has 1 aromatic heterocycles. The lowest BCUT2D eigenvalue weighted by Crippen LogP contribution is -2.32. The van der Waals surface area contributed by atoms with E-state index in [1.54, 1.807) is 18.4 Å². The molecule has 0 aliphatic rings. The maximum Gasteiger partial charge on any atom is 0.303 e. The predicted octanol–water partition coefficient (Wildman–Crippen LogP) is 1.67. The van der Waals surface area contributed by atoms with Gasteiger partial charge in [0.25, 0.3) is 0 Å². The van der Waals surface area contributed by atoms with Gasteiger partial charge in [0.05, 0.1) is 0 Å². The summed E-state index contributed by atoms with van der Waals surface area (Å²) in [6, 6.07) is 2.95. The molecular formula is C10H15NO4S2. The van der Waals surface area contributed by atoms with Crippen LogP contribution in [0.4, 0.5) is 0 Å². The second-order valence-electron chi connectivity index (χ2n) is 3.74. The normalized spacial score (nSPS) is 13.5. The van der Waals surface area contributed by atoms with Gasteiger partial charge in [-0.1, -0.05) is 6.07 Å². The molecule has 0 saturated heterocycles. The van der Waals surface area contributed by atoms with Crippen molar-refractivity contribution in [3.8, 4) is 0 Å². The van der Waals surface area contributed by atoms with E-state index in [0.29, 0.717) is 12.8 Å². The average Bonchev–Trinajstić information content (AvgIpc) is 2.68. The van der Waals surface area contributed by atoms with Crippen molar-refractivity contribution in [2.45, 2.75) is 36.4 Å². The van der Waals surface area contributed by atoms with Crippen molar-refractivity contribution in [2.75, 3.05) is 0 Å². The lowest BCUT2D eigenvalue weighted by atomic mass is 10.1. The summed E-state index contributed by atoms with van der Waals surface area (Å²) >= 11 is 1.16. The predicted molar refractivity (Wildman–Crippen MR) is 65.6 cm³/mol. The lowest BCUT2D eigenvalue weighted by molar-refractivity contribution is -0.137. The Hall–Kier alpha value is -0.920. The van der Waals surface area contributed by atoms with E-state index in [0.717, 1.165) is 11.3 Å². The van der Waals surface area contributed by atoms with Gasteiger partial charge >= 0.3 is 5.97 Å². The van der Waals surface area contributed by atoms with E-state index in [1.165, 1.54) is 6.07 Å². The fraction of sp³-hybridized carbons (Fsp3) is 0.500. The van der Waals surface area contributed by atoms with Crippen molar-refractivity contribution >= 4 is 27.3 Å². The topological polar surface area (TPSA) is 83.5 Å². The van der Waals surface area contributed by atoms with Crippen LogP contribution in [0.2, 0.25) is 0 Å². The molecule has 1 heterocycles. The molecule has 1 unspecified atom stereocenters. The van der Waals surface area contributed by atoms with Gasteiger partial charge in [-0.05, 0) is 31.2 Å². The largest absolute Gasteiger partial charge is 0.481 e. The van der Waals surface area contributed by atoms with Gasteiger partial charge in [-0.3, -0.25) is 4.79 Å². The maximum absolute atomic E-state index is 11.8. The number of aliphatic carboxylic acids is 1. The molecule has 0 radical (unpaired) electrons. The zero-order valence-corrected chi connectivity index (χ0v) is 11.1. The number of rotatable bonds is 7. The summed E-state index contributed by atoms with van der Waals surface area (Å²) in [5.74, 6) is -0.863. The van der Waals surface area contributed by atoms with Gasteiger partial charge in [0.2, 0.25) is 10.0 Å². The zero-order chi connectivity index (χ0) is 12.9. The Morgan fingerprint density at radius 3 is 2.82 bits per heavy atom. The van der Waals surface area contributed by atoms with Crippen LogP contribution >= 0.6 is 11.3 Å². The second kappa shape index (κ2) is 6.13. The number of thiophene rings is 1. The van der Waals surface area contributed by atoms with Gasteiger partial charge in [0.15, 0.2) is 0 Å². The SMILES string of the molecule is CC(CCCC(=O)O)NS(=O)(=O)c1cccs1. The van der Waals surface area contributed by atoms with Crippen LogP contribution in [0.1, 0.15) is 26.2 Å². The van der Waals surface area contributed by atoms with E-state index >= 15 is 0 Å². The van der Waals surface area contributed by atoms with Gasteiger partial charge in [0.1, 0.15) is 4.21 Å². The van der Waals surface area contributed by atoms with Gasteiger partial charge < -0.3 is 5.11 Å². The highest BCUT2D eigenvalue weighted by molar-refractivity contribution is 7.91.